The van der Waals surface area contributed by atoms with Crippen LogP contribution in [0.2, 0.25) is 0 Å². The molecule has 0 aliphatic carbocycles. The zero-order chi connectivity index (χ0) is 17.8. The summed E-state index contributed by atoms with van der Waals surface area (Å²) in [7, 11) is -3.26. The van der Waals surface area contributed by atoms with E-state index in [0.29, 0.717) is 18.1 Å². The van der Waals surface area contributed by atoms with Crippen LogP contribution in [0.3, 0.4) is 0 Å². The molecule has 0 saturated heterocycles. The van der Waals surface area contributed by atoms with Crippen molar-refractivity contribution in [2.45, 2.75) is 25.8 Å². The summed E-state index contributed by atoms with van der Waals surface area (Å²) in [5.74, 6) is 0.333. The van der Waals surface area contributed by atoms with Crippen LogP contribution in [-0.4, -0.2) is 31.4 Å². The highest BCUT2D eigenvalue weighted by Gasteiger charge is 2.20. The minimum atomic E-state index is -3.26. The number of nitrogens with one attached hydrogen (secondary N) is 2. The second-order valence-electron chi connectivity index (χ2n) is 6.25. The minimum Gasteiger partial charge on any atom is -0.368 e. The lowest BCUT2D eigenvalue weighted by molar-refractivity contribution is 0.551. The third-order valence-corrected chi connectivity index (χ3v) is 4.24. The molecule has 1 heterocycles. The van der Waals surface area contributed by atoms with Gasteiger partial charge < -0.3 is 5.32 Å². The molecule has 8 heteroatoms. The molecule has 0 saturated carbocycles. The summed E-state index contributed by atoms with van der Waals surface area (Å²) in [6.07, 6.45) is 1.09. The molecule has 1 aromatic heterocycles. The van der Waals surface area contributed by atoms with Gasteiger partial charge in [0, 0.05) is 12.0 Å². The van der Waals surface area contributed by atoms with Crippen LogP contribution in [0, 0.1) is 5.82 Å². The summed E-state index contributed by atoms with van der Waals surface area (Å²) >= 11 is 0. The van der Waals surface area contributed by atoms with E-state index in [2.05, 4.69) is 20.2 Å². The number of hydrogen-bond acceptors (Lipinski definition) is 5. The molecule has 0 aliphatic rings. The zero-order valence-corrected chi connectivity index (χ0v) is 14.7. The first-order valence-electron chi connectivity index (χ1n) is 7.43. The summed E-state index contributed by atoms with van der Waals surface area (Å²) in [6.45, 7) is 4.79. The molecule has 0 unspecified atom stereocenters. The van der Waals surface area contributed by atoms with Crippen molar-refractivity contribution in [1.29, 1.82) is 0 Å². The van der Waals surface area contributed by atoms with Crippen LogP contribution in [0.25, 0.3) is 0 Å². The fourth-order valence-corrected chi connectivity index (χ4v) is 2.48. The van der Waals surface area contributed by atoms with Gasteiger partial charge in [-0.25, -0.2) is 17.5 Å². The molecule has 24 heavy (non-hydrogen) atoms. The molecule has 0 fully saturated rings. The molecule has 0 radical (unpaired) electrons. The zero-order valence-electron chi connectivity index (χ0n) is 13.9. The molecule has 2 rings (SSSR count). The Bertz CT molecular complexity index is 775. The molecule has 2 aromatic rings. The predicted molar refractivity (Wildman–Crippen MR) is 91.6 cm³/mol. The Morgan fingerprint density at radius 3 is 2.29 bits per heavy atom. The Morgan fingerprint density at radius 1 is 1.08 bits per heavy atom. The normalized spacial score (nSPS) is 12.2. The van der Waals surface area contributed by atoms with Crippen molar-refractivity contribution in [2.24, 2.45) is 0 Å². The van der Waals surface area contributed by atoms with Gasteiger partial charge in [-0.1, -0.05) is 26.0 Å². The van der Waals surface area contributed by atoms with Crippen LogP contribution < -0.4 is 10.0 Å². The smallest absolute Gasteiger partial charge is 0.209 e. The maximum Gasteiger partial charge on any atom is 0.209 e. The first kappa shape index (κ1) is 18.3. The summed E-state index contributed by atoms with van der Waals surface area (Å²) in [6, 6.07) is 9.87. The largest absolute Gasteiger partial charge is 0.368 e. The van der Waals surface area contributed by atoms with Crippen LogP contribution in [0.15, 0.2) is 36.4 Å². The first-order valence-corrected chi connectivity index (χ1v) is 9.32. The SMILES string of the molecule is CC(C)(CNc1ccc(CNS(C)(=O)=O)nn1)c1ccc(F)cc1. The number of benzene rings is 1. The van der Waals surface area contributed by atoms with Gasteiger partial charge in [0.15, 0.2) is 0 Å². The van der Waals surface area contributed by atoms with Crippen LogP contribution in [0.4, 0.5) is 10.2 Å². The second-order valence-corrected chi connectivity index (χ2v) is 8.08. The van der Waals surface area contributed by atoms with E-state index < -0.39 is 10.0 Å². The van der Waals surface area contributed by atoms with Gasteiger partial charge in [0.2, 0.25) is 10.0 Å². The van der Waals surface area contributed by atoms with Crippen LogP contribution in [0.5, 0.6) is 0 Å². The van der Waals surface area contributed by atoms with Crippen molar-refractivity contribution in [3.63, 3.8) is 0 Å². The van der Waals surface area contributed by atoms with Crippen molar-refractivity contribution in [3.8, 4) is 0 Å². The van der Waals surface area contributed by atoms with E-state index in [4.69, 9.17) is 0 Å². The van der Waals surface area contributed by atoms with Crippen LogP contribution >= 0.6 is 0 Å². The van der Waals surface area contributed by atoms with Crippen molar-refractivity contribution >= 4 is 15.8 Å². The van der Waals surface area contributed by atoms with Crippen LogP contribution in [-0.2, 0) is 22.0 Å². The maximum atomic E-state index is 13.0. The van der Waals surface area contributed by atoms with Crippen molar-refractivity contribution in [3.05, 3.63) is 53.5 Å². The predicted octanol–water partition coefficient (Wildman–Crippen LogP) is 2.05. The van der Waals surface area contributed by atoms with Gasteiger partial charge in [-0.3, -0.25) is 0 Å². The molecule has 0 aliphatic heterocycles. The number of anilines is 1. The van der Waals surface area contributed by atoms with Crippen molar-refractivity contribution in [2.75, 3.05) is 18.1 Å². The van der Waals surface area contributed by atoms with Gasteiger partial charge in [0.1, 0.15) is 11.6 Å². The number of hydrogen-bond donors (Lipinski definition) is 2. The molecular weight excluding hydrogens is 331 g/mol. The number of halogens is 1. The molecule has 0 bridgehead atoms. The topological polar surface area (TPSA) is 84.0 Å². The molecule has 130 valence electrons. The van der Waals surface area contributed by atoms with Gasteiger partial charge in [-0.05, 0) is 29.8 Å². The summed E-state index contributed by atoms with van der Waals surface area (Å²) in [5, 5.41) is 11.2. The highest BCUT2D eigenvalue weighted by atomic mass is 32.2. The molecule has 0 amide bonds. The van der Waals surface area contributed by atoms with E-state index in [9.17, 15) is 12.8 Å². The lowest BCUT2D eigenvalue weighted by atomic mass is 9.84. The van der Waals surface area contributed by atoms with Gasteiger partial charge in [0.25, 0.3) is 0 Å². The van der Waals surface area contributed by atoms with Gasteiger partial charge in [-0.2, -0.15) is 5.10 Å². The van der Waals surface area contributed by atoms with E-state index in [1.165, 1.54) is 12.1 Å². The van der Waals surface area contributed by atoms with E-state index in [-0.39, 0.29) is 17.8 Å². The highest BCUT2D eigenvalue weighted by molar-refractivity contribution is 7.88. The quantitative estimate of drug-likeness (QED) is 0.797. The van der Waals surface area contributed by atoms with Crippen molar-refractivity contribution < 1.29 is 12.8 Å². The standard InChI is InChI=1S/C16H21FN4O2S/c1-16(2,12-4-6-13(17)7-5-12)11-18-15-9-8-14(20-21-15)10-19-24(3,22)23/h4-9,19H,10-11H2,1-3H3,(H,18,21). The second kappa shape index (κ2) is 7.23. The van der Waals surface area contributed by atoms with Crippen molar-refractivity contribution in [1.82, 2.24) is 14.9 Å². The lowest BCUT2D eigenvalue weighted by Gasteiger charge is -2.25. The number of nitrogens with zero attached hydrogens (tertiary/aromatic N) is 2. The van der Waals surface area contributed by atoms with Gasteiger partial charge in [0.05, 0.1) is 18.5 Å². The van der Waals surface area contributed by atoms with E-state index in [1.807, 2.05) is 13.8 Å². The number of rotatable bonds is 7. The molecular formula is C16H21FN4O2S. The Morgan fingerprint density at radius 2 is 1.75 bits per heavy atom. The lowest BCUT2D eigenvalue weighted by Crippen LogP contribution is -2.28. The van der Waals surface area contributed by atoms with E-state index in [1.54, 1.807) is 24.3 Å². The summed E-state index contributed by atoms with van der Waals surface area (Å²) < 4.78 is 37.5. The fraction of sp³-hybridized carbons (Fsp3) is 0.375. The Balaban J connectivity index is 1.95. The van der Waals surface area contributed by atoms with E-state index >= 15 is 0 Å². The average Bonchev–Trinajstić information content (AvgIpc) is 2.52. The third-order valence-electron chi connectivity index (χ3n) is 3.57. The Hall–Kier alpha value is -2.06. The molecule has 2 N–H and O–H groups in total. The summed E-state index contributed by atoms with van der Waals surface area (Å²) in [5.41, 5.74) is 1.33. The minimum absolute atomic E-state index is 0.104. The highest BCUT2D eigenvalue weighted by Crippen LogP contribution is 2.23. The average molecular weight is 352 g/mol. The molecule has 0 atom stereocenters. The van der Waals surface area contributed by atoms with Gasteiger partial charge in [-0.15, -0.1) is 5.10 Å². The first-order chi connectivity index (χ1) is 11.2. The maximum absolute atomic E-state index is 13.0. The fourth-order valence-electron chi connectivity index (χ4n) is 2.07. The third kappa shape index (κ3) is 5.54. The molecule has 6 nitrogen and oxygen atoms in total. The van der Waals surface area contributed by atoms with E-state index in [0.717, 1.165) is 11.8 Å². The number of sulfonamides is 1. The Kier molecular flexibility index (Phi) is 5.51. The monoisotopic (exact) mass is 352 g/mol. The number of aromatic nitrogens is 2. The Labute approximate surface area is 141 Å². The molecule has 0 spiro atoms. The molecule has 1 aromatic carbocycles. The van der Waals surface area contributed by atoms with Crippen LogP contribution in [0.1, 0.15) is 25.1 Å². The summed E-state index contributed by atoms with van der Waals surface area (Å²) in [4.78, 5) is 0. The van der Waals surface area contributed by atoms with Gasteiger partial charge >= 0.3 is 0 Å².